The first-order valence-corrected chi connectivity index (χ1v) is 7.56. The van der Waals surface area contributed by atoms with Gasteiger partial charge in [-0.25, -0.2) is 4.98 Å². The van der Waals surface area contributed by atoms with Crippen LogP contribution >= 0.6 is 46.2 Å². The van der Waals surface area contributed by atoms with Crippen molar-refractivity contribution in [3.63, 3.8) is 0 Å². The number of benzene rings is 1. The Hall–Kier alpha value is -0.620. The van der Waals surface area contributed by atoms with E-state index < -0.39 is 0 Å². The first kappa shape index (κ1) is 10.5. The summed E-state index contributed by atoms with van der Waals surface area (Å²) in [5.41, 5.74) is 2.47. The van der Waals surface area contributed by atoms with Crippen LogP contribution in [-0.2, 0) is 0 Å². The summed E-state index contributed by atoms with van der Waals surface area (Å²) in [6.07, 6.45) is 0. The summed E-state index contributed by atoms with van der Waals surface area (Å²) in [6.45, 7) is 2.09. The van der Waals surface area contributed by atoms with E-state index in [-0.39, 0.29) is 0 Å². The normalized spacial score (nSPS) is 11.1. The van der Waals surface area contributed by atoms with Crippen molar-refractivity contribution in [1.82, 2.24) is 4.98 Å². The fourth-order valence-corrected chi connectivity index (χ4v) is 5.45. The zero-order valence-electron chi connectivity index (χ0n) is 8.39. The van der Waals surface area contributed by atoms with Gasteiger partial charge in [-0.1, -0.05) is 64.7 Å². The lowest BCUT2D eigenvalue weighted by atomic mass is 10.2. The van der Waals surface area contributed by atoms with Crippen LogP contribution in [0.4, 0.5) is 0 Å². The third-order valence-electron chi connectivity index (χ3n) is 2.22. The molecule has 80 valence electrons. The zero-order chi connectivity index (χ0) is 11.1. The molecule has 2 aromatic heterocycles. The summed E-state index contributed by atoms with van der Waals surface area (Å²) < 4.78 is 2.20. The highest BCUT2D eigenvalue weighted by Gasteiger charge is 2.08. The Morgan fingerprint density at radius 3 is 2.50 bits per heavy atom. The summed E-state index contributed by atoms with van der Waals surface area (Å²) in [5.74, 6) is 0. The molecule has 0 saturated heterocycles. The Labute approximate surface area is 110 Å². The second-order valence-electron chi connectivity index (χ2n) is 3.43. The molecule has 3 rings (SSSR count). The summed E-state index contributed by atoms with van der Waals surface area (Å²) in [7, 11) is 0. The molecule has 0 spiro atoms. The highest BCUT2D eigenvalue weighted by Crippen LogP contribution is 2.36. The van der Waals surface area contributed by atoms with Gasteiger partial charge in [-0.15, -0.1) is 11.3 Å². The topological polar surface area (TPSA) is 12.9 Å². The van der Waals surface area contributed by atoms with Gasteiger partial charge in [0, 0.05) is 5.56 Å². The third-order valence-corrected chi connectivity index (χ3v) is 6.08. The van der Waals surface area contributed by atoms with E-state index in [1.54, 1.807) is 34.0 Å². The van der Waals surface area contributed by atoms with Crippen molar-refractivity contribution in [1.29, 1.82) is 0 Å². The predicted molar refractivity (Wildman–Crippen MR) is 76.4 cm³/mol. The molecule has 0 aliphatic heterocycles. The van der Waals surface area contributed by atoms with Crippen LogP contribution in [0, 0.1) is 10.1 Å². The van der Waals surface area contributed by atoms with Gasteiger partial charge >= 0.3 is 0 Å². The molecule has 5 heteroatoms. The predicted octanol–water partition coefficient (Wildman–Crippen LogP) is 5.12. The molecule has 0 aliphatic carbocycles. The molecule has 0 amide bonds. The molecular weight excluding hydrogens is 274 g/mol. The van der Waals surface area contributed by atoms with Crippen LogP contribution in [-0.4, -0.2) is 4.98 Å². The largest absolute Gasteiger partial charge is 0.224 e. The molecule has 1 nitrogen and oxygen atoms in total. The van der Waals surface area contributed by atoms with Crippen molar-refractivity contribution in [3.8, 4) is 10.6 Å². The van der Waals surface area contributed by atoms with Gasteiger partial charge in [-0.05, 0) is 6.92 Å². The molecule has 0 saturated carbocycles. The van der Waals surface area contributed by atoms with Crippen LogP contribution in [0.5, 0.6) is 0 Å². The van der Waals surface area contributed by atoms with E-state index in [0.717, 1.165) is 13.0 Å². The van der Waals surface area contributed by atoms with Crippen LogP contribution in [0.25, 0.3) is 19.4 Å². The molecule has 0 atom stereocenters. The Kier molecular flexibility index (Phi) is 2.63. The van der Waals surface area contributed by atoms with Crippen molar-refractivity contribution in [3.05, 3.63) is 33.0 Å². The summed E-state index contributed by atoms with van der Waals surface area (Å²) in [5, 5.41) is 1.09. The number of rotatable bonds is 1. The van der Waals surface area contributed by atoms with Crippen LogP contribution in [0.2, 0.25) is 0 Å². The molecular formula is C11H7NS4. The lowest BCUT2D eigenvalue weighted by molar-refractivity contribution is 1.45. The molecule has 0 N–H and O–H groups in total. The van der Waals surface area contributed by atoms with Gasteiger partial charge in [0.15, 0.2) is 0 Å². The smallest absolute Gasteiger partial charge is 0.147 e. The zero-order valence-corrected chi connectivity index (χ0v) is 11.7. The van der Waals surface area contributed by atoms with E-state index in [1.807, 2.05) is 0 Å². The van der Waals surface area contributed by atoms with Gasteiger partial charge in [0.1, 0.15) is 17.0 Å². The first-order valence-electron chi connectivity index (χ1n) is 4.70. The van der Waals surface area contributed by atoms with E-state index in [9.17, 15) is 0 Å². The quantitative estimate of drug-likeness (QED) is 0.574. The number of aromatic nitrogens is 1. The van der Waals surface area contributed by atoms with E-state index in [1.165, 1.54) is 15.1 Å². The standard InChI is InChI=1S/C11H7NS4/c1-6-2-4-7(5-3-6)8-12-9-10(14-8)16-11(13)15-9/h2-5H,1H3. The number of thiazole rings is 1. The number of hydrogen-bond acceptors (Lipinski definition) is 5. The number of hydrogen-bond donors (Lipinski definition) is 0. The summed E-state index contributed by atoms with van der Waals surface area (Å²) in [4.78, 5) is 5.69. The average Bonchev–Trinajstić information content (AvgIpc) is 2.75. The molecule has 1 aromatic carbocycles. The van der Waals surface area contributed by atoms with Crippen LogP contribution < -0.4 is 0 Å². The van der Waals surface area contributed by atoms with Gasteiger partial charge in [0.05, 0.1) is 0 Å². The fourth-order valence-electron chi connectivity index (χ4n) is 1.42. The van der Waals surface area contributed by atoms with E-state index in [2.05, 4.69) is 36.2 Å². The lowest BCUT2D eigenvalue weighted by Crippen LogP contribution is -1.75. The minimum absolute atomic E-state index is 0.962. The van der Waals surface area contributed by atoms with Crippen molar-refractivity contribution in [2.24, 2.45) is 0 Å². The Balaban J connectivity index is 2.15. The van der Waals surface area contributed by atoms with Crippen molar-refractivity contribution >= 4 is 55.1 Å². The Bertz CT molecular complexity index is 652. The Morgan fingerprint density at radius 2 is 1.81 bits per heavy atom. The van der Waals surface area contributed by atoms with Gasteiger partial charge < -0.3 is 0 Å². The van der Waals surface area contributed by atoms with Crippen molar-refractivity contribution in [2.75, 3.05) is 0 Å². The van der Waals surface area contributed by atoms with Crippen molar-refractivity contribution in [2.45, 2.75) is 6.92 Å². The molecule has 0 radical (unpaired) electrons. The van der Waals surface area contributed by atoms with Gasteiger partial charge in [-0.3, -0.25) is 0 Å². The maximum atomic E-state index is 5.15. The summed E-state index contributed by atoms with van der Waals surface area (Å²) >= 11 is 10.1. The molecule has 0 fully saturated rings. The number of fused-ring (bicyclic) bond motifs is 1. The van der Waals surface area contributed by atoms with E-state index in [0.29, 0.717) is 0 Å². The molecule has 16 heavy (non-hydrogen) atoms. The number of nitrogens with zero attached hydrogens (tertiary/aromatic N) is 1. The summed E-state index contributed by atoms with van der Waals surface area (Å²) in [6, 6.07) is 8.48. The van der Waals surface area contributed by atoms with Crippen LogP contribution in [0.15, 0.2) is 24.3 Å². The molecule has 0 aliphatic rings. The molecule has 2 heterocycles. The Morgan fingerprint density at radius 1 is 1.06 bits per heavy atom. The SMILES string of the molecule is Cc1ccc(-c2nc3sc(=S)sc3s2)cc1. The highest BCUT2D eigenvalue weighted by molar-refractivity contribution is 7.77. The minimum Gasteiger partial charge on any atom is -0.224 e. The monoisotopic (exact) mass is 281 g/mol. The fraction of sp³-hybridized carbons (Fsp3) is 0.0909. The lowest BCUT2D eigenvalue weighted by Gasteiger charge is -1.95. The van der Waals surface area contributed by atoms with Gasteiger partial charge in [-0.2, -0.15) is 0 Å². The van der Waals surface area contributed by atoms with Gasteiger partial charge in [0.2, 0.25) is 0 Å². The molecule has 3 aromatic rings. The third kappa shape index (κ3) is 1.84. The van der Waals surface area contributed by atoms with Crippen molar-refractivity contribution < 1.29 is 0 Å². The number of aryl methyl sites for hydroxylation is 1. The average molecular weight is 281 g/mol. The minimum atomic E-state index is 0.962. The molecule has 0 unspecified atom stereocenters. The van der Waals surface area contributed by atoms with Crippen LogP contribution in [0.3, 0.4) is 0 Å². The molecule has 0 bridgehead atoms. The maximum Gasteiger partial charge on any atom is 0.147 e. The van der Waals surface area contributed by atoms with E-state index in [4.69, 9.17) is 12.2 Å². The first-order chi connectivity index (χ1) is 7.72. The second kappa shape index (κ2) is 4.00. The van der Waals surface area contributed by atoms with Crippen LogP contribution in [0.1, 0.15) is 5.56 Å². The highest BCUT2D eigenvalue weighted by atomic mass is 32.2. The van der Waals surface area contributed by atoms with Gasteiger partial charge in [0.25, 0.3) is 0 Å². The van der Waals surface area contributed by atoms with E-state index >= 15 is 0 Å². The second-order valence-corrected chi connectivity index (χ2v) is 7.89. The maximum absolute atomic E-state index is 5.15.